The molecule has 0 aliphatic rings. The van der Waals surface area contributed by atoms with Gasteiger partial charge in [0, 0.05) is 11.4 Å². The van der Waals surface area contributed by atoms with Gasteiger partial charge in [-0.25, -0.2) is 0 Å². The van der Waals surface area contributed by atoms with Crippen molar-refractivity contribution in [3.05, 3.63) is 22.4 Å². The predicted octanol–water partition coefficient (Wildman–Crippen LogP) is 2.57. The second-order valence-electron chi connectivity index (χ2n) is 2.99. The largest absolute Gasteiger partial charge is 0.492 e. The summed E-state index contributed by atoms with van der Waals surface area (Å²) in [4.78, 5) is 2.24. The Morgan fingerprint density at radius 1 is 1.46 bits per heavy atom. The van der Waals surface area contributed by atoms with Gasteiger partial charge in [0.25, 0.3) is 0 Å². The van der Waals surface area contributed by atoms with E-state index in [1.54, 1.807) is 0 Å². The van der Waals surface area contributed by atoms with Gasteiger partial charge in [-0.2, -0.15) is 0 Å². The molecular weight excluding hydrogens is 198 g/mol. The maximum atomic E-state index is 12.0. The molecule has 74 valence electrons. The molecule has 13 heavy (non-hydrogen) atoms. The van der Waals surface area contributed by atoms with Crippen LogP contribution >= 0.6 is 11.3 Å². The molecule has 0 unspecified atom stereocenters. The van der Waals surface area contributed by atoms with Crippen molar-refractivity contribution in [3.8, 4) is 0 Å². The fourth-order valence-corrected chi connectivity index (χ4v) is 1.87. The third-order valence-corrected chi connectivity index (χ3v) is 2.39. The van der Waals surface area contributed by atoms with Crippen LogP contribution in [0.25, 0.3) is 0 Å². The van der Waals surface area contributed by atoms with Crippen LogP contribution in [0.5, 0.6) is 0 Å². The molecule has 0 amide bonds. The summed E-state index contributed by atoms with van der Waals surface area (Å²) >= 11 is 1.48. The standard InChI is InChI=1S/C7H10BF3NS/c1-12(6-8(9,10)11)5-7-3-2-4-13-7/h2-4H,5-6H2,1H3/q-1. The third kappa shape index (κ3) is 4.33. The maximum absolute atomic E-state index is 12.0. The van der Waals surface area contributed by atoms with Crippen molar-refractivity contribution in [2.45, 2.75) is 6.54 Å². The van der Waals surface area contributed by atoms with Crippen molar-refractivity contribution >= 4 is 18.3 Å². The summed E-state index contributed by atoms with van der Waals surface area (Å²) in [6, 6.07) is 3.68. The van der Waals surface area contributed by atoms with E-state index in [1.165, 1.54) is 23.3 Å². The van der Waals surface area contributed by atoms with Gasteiger partial charge in [-0.1, -0.05) is 6.07 Å². The molecule has 0 spiro atoms. The Bertz CT molecular complexity index is 247. The number of thiophene rings is 1. The molecule has 0 bridgehead atoms. The Kier molecular flexibility index (Phi) is 3.38. The van der Waals surface area contributed by atoms with E-state index in [-0.39, 0.29) is 0 Å². The molecule has 0 N–H and O–H groups in total. The van der Waals surface area contributed by atoms with E-state index in [0.717, 1.165) is 4.88 Å². The van der Waals surface area contributed by atoms with Crippen molar-refractivity contribution in [2.75, 3.05) is 13.5 Å². The van der Waals surface area contributed by atoms with E-state index >= 15 is 0 Å². The molecule has 0 aliphatic carbocycles. The van der Waals surface area contributed by atoms with E-state index in [2.05, 4.69) is 0 Å². The molecule has 1 aromatic heterocycles. The van der Waals surface area contributed by atoms with E-state index in [9.17, 15) is 12.9 Å². The van der Waals surface area contributed by atoms with Gasteiger partial charge in [-0.3, -0.25) is 0 Å². The topological polar surface area (TPSA) is 3.24 Å². The molecule has 0 aliphatic heterocycles. The second-order valence-corrected chi connectivity index (χ2v) is 4.02. The third-order valence-electron chi connectivity index (χ3n) is 1.52. The van der Waals surface area contributed by atoms with Crippen LogP contribution < -0.4 is 0 Å². The minimum atomic E-state index is -4.70. The molecule has 6 heteroatoms. The van der Waals surface area contributed by atoms with Crippen LogP contribution in [0.3, 0.4) is 0 Å². The molecule has 0 aromatic carbocycles. The van der Waals surface area contributed by atoms with Crippen molar-refractivity contribution in [1.82, 2.24) is 4.90 Å². The molecule has 0 saturated carbocycles. The molecular formula is C7H10BF3NS-. The average Bonchev–Trinajstić information content (AvgIpc) is 2.34. The Morgan fingerprint density at radius 3 is 2.62 bits per heavy atom. The molecule has 1 nitrogen and oxygen atoms in total. The van der Waals surface area contributed by atoms with E-state index in [1.807, 2.05) is 17.5 Å². The van der Waals surface area contributed by atoms with E-state index in [4.69, 9.17) is 0 Å². The van der Waals surface area contributed by atoms with Crippen LogP contribution in [0.15, 0.2) is 17.5 Å². The lowest BCUT2D eigenvalue weighted by Crippen LogP contribution is -2.34. The summed E-state index contributed by atoms with van der Waals surface area (Å²) in [5, 5.41) is 1.86. The monoisotopic (exact) mass is 208 g/mol. The van der Waals surface area contributed by atoms with Crippen molar-refractivity contribution in [2.24, 2.45) is 0 Å². The van der Waals surface area contributed by atoms with Gasteiger partial charge in [0.05, 0.1) is 0 Å². The van der Waals surface area contributed by atoms with Crippen molar-refractivity contribution in [1.29, 1.82) is 0 Å². The lowest BCUT2D eigenvalue weighted by Gasteiger charge is -2.22. The van der Waals surface area contributed by atoms with Gasteiger partial charge in [-0.15, -0.1) is 11.3 Å². The van der Waals surface area contributed by atoms with Crippen LogP contribution in [0.1, 0.15) is 4.88 Å². The summed E-state index contributed by atoms with van der Waals surface area (Å²) in [5.74, 6) is 0. The number of rotatable bonds is 4. The Balaban J connectivity index is 2.38. The molecule has 1 heterocycles. The Morgan fingerprint density at radius 2 is 2.15 bits per heavy atom. The molecule has 1 aromatic rings. The highest BCUT2D eigenvalue weighted by molar-refractivity contribution is 7.09. The first kappa shape index (κ1) is 10.6. The normalized spacial score (nSPS) is 12.4. The smallest absolute Gasteiger partial charge is 0.448 e. The zero-order valence-electron chi connectivity index (χ0n) is 7.21. The molecule has 0 radical (unpaired) electrons. The van der Waals surface area contributed by atoms with Gasteiger partial charge in [-0.05, 0) is 24.9 Å². The van der Waals surface area contributed by atoms with Crippen molar-refractivity contribution < 1.29 is 12.9 Å². The number of halogens is 3. The number of hydrogen-bond donors (Lipinski definition) is 0. The minimum Gasteiger partial charge on any atom is -0.448 e. The summed E-state index contributed by atoms with van der Waals surface area (Å²) < 4.78 is 35.9. The lowest BCUT2D eigenvalue weighted by atomic mass is 9.91. The molecule has 1 rings (SSSR count). The molecule has 0 saturated heterocycles. The van der Waals surface area contributed by atoms with Crippen LogP contribution in [0.4, 0.5) is 12.9 Å². The lowest BCUT2D eigenvalue weighted by molar-refractivity contribution is 0.325. The fourth-order valence-electron chi connectivity index (χ4n) is 1.09. The predicted molar refractivity (Wildman–Crippen MR) is 49.7 cm³/mol. The van der Waals surface area contributed by atoms with Gasteiger partial charge >= 0.3 is 6.98 Å². The van der Waals surface area contributed by atoms with E-state index in [0.29, 0.717) is 6.54 Å². The fraction of sp³-hybridized carbons (Fsp3) is 0.429. The highest BCUT2D eigenvalue weighted by Crippen LogP contribution is 2.14. The van der Waals surface area contributed by atoms with Crippen LogP contribution in [0.2, 0.25) is 0 Å². The summed E-state index contributed by atoms with van der Waals surface area (Å²) in [7, 11) is 1.48. The van der Waals surface area contributed by atoms with E-state index < -0.39 is 13.4 Å². The summed E-state index contributed by atoms with van der Waals surface area (Å²) in [5.41, 5.74) is 0. The van der Waals surface area contributed by atoms with Crippen LogP contribution in [-0.2, 0) is 6.54 Å². The number of nitrogens with zero attached hydrogens (tertiary/aromatic N) is 1. The summed E-state index contributed by atoms with van der Waals surface area (Å²) in [6.07, 6.45) is -0.794. The summed E-state index contributed by atoms with van der Waals surface area (Å²) in [6.45, 7) is -4.32. The highest BCUT2D eigenvalue weighted by atomic mass is 32.1. The second kappa shape index (κ2) is 4.15. The SMILES string of the molecule is CN(Cc1cccs1)C[B-](F)(F)F. The quantitative estimate of drug-likeness (QED) is 0.687. The zero-order valence-corrected chi connectivity index (χ0v) is 8.03. The minimum absolute atomic E-state index is 0.374. The van der Waals surface area contributed by atoms with Crippen LogP contribution in [-0.4, -0.2) is 25.4 Å². The first-order valence-corrected chi connectivity index (χ1v) is 4.77. The maximum Gasteiger partial charge on any atom is 0.492 e. The number of hydrogen-bond acceptors (Lipinski definition) is 2. The first-order chi connectivity index (χ1) is 5.97. The van der Waals surface area contributed by atoms with Gasteiger partial charge in [0.2, 0.25) is 0 Å². The van der Waals surface area contributed by atoms with Gasteiger partial charge in [0.1, 0.15) is 0 Å². The molecule has 0 atom stereocenters. The van der Waals surface area contributed by atoms with Gasteiger partial charge < -0.3 is 17.8 Å². The van der Waals surface area contributed by atoms with Crippen LogP contribution in [0, 0.1) is 0 Å². The Labute approximate surface area is 79.2 Å². The van der Waals surface area contributed by atoms with Gasteiger partial charge in [0.15, 0.2) is 0 Å². The van der Waals surface area contributed by atoms with Crippen molar-refractivity contribution in [3.63, 3.8) is 0 Å². The average molecular weight is 208 g/mol. The zero-order chi connectivity index (χ0) is 9.90. The Hall–Kier alpha value is -0.485. The highest BCUT2D eigenvalue weighted by Gasteiger charge is 2.24. The molecule has 0 fully saturated rings. The first-order valence-electron chi connectivity index (χ1n) is 3.89.